The molecule has 2 atom stereocenters. The number of hydrogen-bond donors (Lipinski definition) is 1. The standard InChI is InChI=1S/C43H86N2O2.C22H45N/c1-4-7-10-13-16-18-24-31-38-45(39-32-25-19-17-14-11-8-5-2)43(47)35-26-21-20-23-30-37-44(36-29-22-15-12-9-6-3)40-41-33-27-28-34-42(41)46;1-4-7-9-11-13-15-17-19-21-23(6-3)22-20-18-16-14-12-10-8-5-2/h41-42,46H,4-40H2,1-3H3;6H,3-5,7-22H2,1-2H3. The molecule has 5 heteroatoms. The maximum atomic E-state index is 13.3. The molecular formula is C65H131N3O2. The molecule has 418 valence electrons. The average molecular weight is 987 g/mol. The minimum atomic E-state index is -0.0843. The van der Waals surface area contributed by atoms with Crippen LogP contribution >= 0.6 is 0 Å². The minimum Gasteiger partial charge on any atom is -0.393 e. The lowest BCUT2D eigenvalue weighted by atomic mass is 9.86. The van der Waals surface area contributed by atoms with E-state index < -0.39 is 0 Å². The van der Waals surface area contributed by atoms with Crippen molar-refractivity contribution in [2.45, 2.75) is 349 Å². The van der Waals surface area contributed by atoms with Crippen LogP contribution in [0.1, 0.15) is 343 Å². The van der Waals surface area contributed by atoms with Gasteiger partial charge in [0, 0.05) is 39.1 Å². The van der Waals surface area contributed by atoms with Gasteiger partial charge in [-0.05, 0) is 83.0 Å². The van der Waals surface area contributed by atoms with E-state index in [2.05, 4.69) is 62.1 Å². The van der Waals surface area contributed by atoms with Crippen LogP contribution < -0.4 is 0 Å². The molecule has 1 N–H and O–H groups in total. The van der Waals surface area contributed by atoms with Crippen molar-refractivity contribution in [3.05, 3.63) is 12.8 Å². The van der Waals surface area contributed by atoms with E-state index in [0.717, 1.165) is 38.9 Å². The van der Waals surface area contributed by atoms with Crippen molar-refractivity contribution < 1.29 is 9.90 Å². The smallest absolute Gasteiger partial charge is 0.222 e. The lowest BCUT2D eigenvalue weighted by Crippen LogP contribution is -2.38. The van der Waals surface area contributed by atoms with Crippen LogP contribution in [0, 0.1) is 5.92 Å². The SMILES string of the molecule is C=CN(CCCCCCCCCC)CCCCCCCCCC.CCCCCCCCCCN(CCCCCCCCCC)C(=O)CCCCCCCN(CCCCCCCC)CC1CCCCC1O. The van der Waals surface area contributed by atoms with Crippen molar-refractivity contribution in [3.63, 3.8) is 0 Å². The summed E-state index contributed by atoms with van der Waals surface area (Å²) in [6.45, 7) is 23.3. The van der Waals surface area contributed by atoms with E-state index in [-0.39, 0.29) is 6.10 Å². The average Bonchev–Trinajstić information content (AvgIpc) is 3.37. The van der Waals surface area contributed by atoms with Gasteiger partial charge in [0.15, 0.2) is 0 Å². The second-order valence-electron chi connectivity index (χ2n) is 22.7. The predicted molar refractivity (Wildman–Crippen MR) is 314 cm³/mol. The number of carbonyl (C=O) groups excluding carboxylic acids is 1. The normalized spacial score (nSPS) is 14.8. The highest BCUT2D eigenvalue weighted by Gasteiger charge is 2.25. The molecule has 0 radical (unpaired) electrons. The van der Waals surface area contributed by atoms with E-state index in [0.29, 0.717) is 11.8 Å². The van der Waals surface area contributed by atoms with Crippen LogP contribution in [0.3, 0.4) is 0 Å². The van der Waals surface area contributed by atoms with Crippen molar-refractivity contribution >= 4 is 5.91 Å². The Morgan fingerprint density at radius 1 is 0.400 bits per heavy atom. The highest BCUT2D eigenvalue weighted by Crippen LogP contribution is 2.26. The first-order valence-corrected chi connectivity index (χ1v) is 32.5. The lowest BCUT2D eigenvalue weighted by molar-refractivity contribution is -0.131. The van der Waals surface area contributed by atoms with E-state index in [4.69, 9.17) is 0 Å². The summed E-state index contributed by atoms with van der Waals surface area (Å²) in [5, 5.41) is 10.6. The predicted octanol–water partition coefficient (Wildman–Crippen LogP) is 20.4. The fourth-order valence-corrected chi connectivity index (χ4v) is 10.9. The molecule has 1 aliphatic rings. The van der Waals surface area contributed by atoms with Crippen LogP contribution in [0.4, 0.5) is 0 Å². The maximum Gasteiger partial charge on any atom is 0.222 e. The summed E-state index contributed by atoms with van der Waals surface area (Å²) >= 11 is 0. The van der Waals surface area contributed by atoms with Gasteiger partial charge in [-0.3, -0.25) is 4.79 Å². The number of rotatable bonds is 54. The molecule has 0 aromatic carbocycles. The third-order valence-electron chi connectivity index (χ3n) is 15.8. The van der Waals surface area contributed by atoms with Crippen LogP contribution in [0.5, 0.6) is 0 Å². The molecule has 0 aliphatic heterocycles. The molecule has 0 bridgehead atoms. The third kappa shape index (κ3) is 47.9. The summed E-state index contributed by atoms with van der Waals surface area (Å²) < 4.78 is 0. The van der Waals surface area contributed by atoms with Crippen LogP contribution in [-0.2, 0) is 4.79 Å². The summed E-state index contributed by atoms with van der Waals surface area (Å²) in [6, 6.07) is 0. The Balaban J connectivity index is 0.00000173. The van der Waals surface area contributed by atoms with Gasteiger partial charge in [-0.1, -0.05) is 285 Å². The van der Waals surface area contributed by atoms with Crippen LogP contribution in [0.2, 0.25) is 0 Å². The fourth-order valence-electron chi connectivity index (χ4n) is 10.9. The van der Waals surface area contributed by atoms with Gasteiger partial charge < -0.3 is 19.8 Å². The summed E-state index contributed by atoms with van der Waals surface area (Å²) in [4.78, 5) is 20.7. The van der Waals surface area contributed by atoms with E-state index in [1.165, 1.54) is 315 Å². The van der Waals surface area contributed by atoms with E-state index in [1.807, 2.05) is 0 Å². The first kappa shape index (κ1) is 68.9. The van der Waals surface area contributed by atoms with Gasteiger partial charge in [-0.2, -0.15) is 0 Å². The molecule has 1 amide bonds. The Hall–Kier alpha value is -1.07. The Morgan fingerprint density at radius 3 is 1.01 bits per heavy atom. The second-order valence-corrected chi connectivity index (χ2v) is 22.7. The number of nitrogens with zero attached hydrogens (tertiary/aromatic N) is 3. The molecule has 0 heterocycles. The molecule has 1 rings (SSSR count). The van der Waals surface area contributed by atoms with Gasteiger partial charge in [0.05, 0.1) is 6.10 Å². The van der Waals surface area contributed by atoms with Crippen molar-refractivity contribution in [2.24, 2.45) is 5.92 Å². The molecule has 1 saturated carbocycles. The number of aliphatic hydroxyl groups is 1. The summed E-state index contributed by atoms with van der Waals surface area (Å²) in [7, 11) is 0. The fraction of sp³-hybridized carbons (Fsp3) is 0.954. The molecule has 2 unspecified atom stereocenters. The molecular weight excluding hydrogens is 855 g/mol. The van der Waals surface area contributed by atoms with Crippen LogP contribution in [-0.4, -0.2) is 77.6 Å². The number of aliphatic hydroxyl groups excluding tert-OH is 1. The molecule has 0 aromatic rings. The maximum absolute atomic E-state index is 13.3. The van der Waals surface area contributed by atoms with Gasteiger partial charge in [0.25, 0.3) is 0 Å². The topological polar surface area (TPSA) is 47.0 Å². The van der Waals surface area contributed by atoms with E-state index in [1.54, 1.807) is 0 Å². The largest absolute Gasteiger partial charge is 0.393 e. The van der Waals surface area contributed by atoms with Crippen molar-refractivity contribution in [2.75, 3.05) is 45.8 Å². The van der Waals surface area contributed by atoms with E-state index >= 15 is 0 Å². The Morgan fingerprint density at radius 2 is 0.686 bits per heavy atom. The highest BCUT2D eigenvalue weighted by atomic mass is 16.3. The Kier molecular flexibility index (Phi) is 56.3. The van der Waals surface area contributed by atoms with Gasteiger partial charge >= 0.3 is 0 Å². The first-order valence-electron chi connectivity index (χ1n) is 32.5. The molecule has 70 heavy (non-hydrogen) atoms. The van der Waals surface area contributed by atoms with Crippen LogP contribution in [0.15, 0.2) is 12.8 Å². The quantitative estimate of drug-likeness (QED) is 0.0617. The number of unbranched alkanes of at least 4 members (excludes halogenated alkanes) is 37. The van der Waals surface area contributed by atoms with Gasteiger partial charge in [-0.25, -0.2) is 0 Å². The zero-order chi connectivity index (χ0) is 51.1. The molecule has 0 saturated heterocycles. The third-order valence-corrected chi connectivity index (χ3v) is 15.8. The lowest BCUT2D eigenvalue weighted by Gasteiger charge is -2.33. The van der Waals surface area contributed by atoms with Gasteiger partial charge in [0.1, 0.15) is 0 Å². The first-order chi connectivity index (χ1) is 34.5. The minimum absolute atomic E-state index is 0.0843. The zero-order valence-corrected chi connectivity index (χ0v) is 49.0. The Bertz CT molecular complexity index is 981. The zero-order valence-electron chi connectivity index (χ0n) is 49.0. The van der Waals surface area contributed by atoms with Crippen molar-refractivity contribution in [1.29, 1.82) is 0 Å². The summed E-state index contributed by atoms with van der Waals surface area (Å²) in [5.41, 5.74) is 0. The monoisotopic (exact) mass is 986 g/mol. The summed E-state index contributed by atoms with van der Waals surface area (Å²) in [6.07, 6.45) is 65.4. The highest BCUT2D eigenvalue weighted by molar-refractivity contribution is 5.76. The van der Waals surface area contributed by atoms with E-state index in [9.17, 15) is 9.90 Å². The number of amides is 1. The van der Waals surface area contributed by atoms with Crippen molar-refractivity contribution in [3.8, 4) is 0 Å². The molecule has 5 nitrogen and oxygen atoms in total. The summed E-state index contributed by atoms with van der Waals surface area (Å²) in [5.74, 6) is 0.904. The van der Waals surface area contributed by atoms with Crippen LogP contribution in [0.25, 0.3) is 0 Å². The molecule has 0 aromatic heterocycles. The van der Waals surface area contributed by atoms with Gasteiger partial charge in [-0.15, -0.1) is 0 Å². The number of hydrogen-bond acceptors (Lipinski definition) is 4. The van der Waals surface area contributed by atoms with Gasteiger partial charge in [0.2, 0.25) is 5.91 Å². The Labute approximate surface area is 442 Å². The van der Waals surface area contributed by atoms with Crippen molar-refractivity contribution in [1.82, 2.24) is 14.7 Å². The second kappa shape index (κ2) is 57.2. The number of carbonyl (C=O) groups is 1. The molecule has 0 spiro atoms. The molecule has 1 aliphatic carbocycles. The molecule has 1 fully saturated rings.